The molecule has 0 saturated carbocycles. The second-order valence-corrected chi connectivity index (χ2v) is 8.27. The maximum Gasteiger partial charge on any atom is 0.410 e. The monoisotopic (exact) mass is 379 g/mol. The van der Waals surface area contributed by atoms with Crippen molar-refractivity contribution in [3.8, 4) is 0 Å². The van der Waals surface area contributed by atoms with Crippen molar-refractivity contribution >= 4 is 12.1 Å². The van der Waals surface area contributed by atoms with Crippen molar-refractivity contribution in [3.05, 3.63) is 35.9 Å². The van der Waals surface area contributed by atoms with Gasteiger partial charge in [-0.2, -0.15) is 0 Å². The van der Waals surface area contributed by atoms with Gasteiger partial charge in [0.25, 0.3) is 0 Å². The Morgan fingerprint density at radius 2 is 1.70 bits per heavy atom. The summed E-state index contributed by atoms with van der Waals surface area (Å²) in [6.45, 7) is 9.64. The number of carboxylic acid groups (broad SMARTS) is 1. The van der Waals surface area contributed by atoms with Gasteiger partial charge in [0.15, 0.2) is 0 Å². The topological polar surface area (TPSA) is 76.1 Å². The molecule has 0 bridgehead atoms. The Hall–Kier alpha value is -2.08. The predicted octanol–water partition coefficient (Wildman–Crippen LogP) is 4.04. The number of carboxylic acids is 1. The zero-order chi connectivity index (χ0) is 20.8. The van der Waals surface area contributed by atoms with E-state index in [4.69, 9.17) is 9.47 Å². The first-order chi connectivity index (χ1) is 12.5. The van der Waals surface area contributed by atoms with Gasteiger partial charge in [-0.3, -0.25) is 4.79 Å². The highest BCUT2D eigenvalue weighted by Gasteiger charge is 2.45. The van der Waals surface area contributed by atoms with Crippen LogP contribution in [0, 0.1) is 17.3 Å². The van der Waals surface area contributed by atoms with Gasteiger partial charge in [-0.25, -0.2) is 4.79 Å². The lowest BCUT2D eigenvalue weighted by Gasteiger charge is -2.42. The number of carbonyl (C=O) groups excluding carboxylic acids is 1. The van der Waals surface area contributed by atoms with Gasteiger partial charge < -0.3 is 19.5 Å². The van der Waals surface area contributed by atoms with Crippen molar-refractivity contribution in [2.24, 2.45) is 17.3 Å². The van der Waals surface area contributed by atoms with Crippen LogP contribution in [0.2, 0.25) is 0 Å². The minimum absolute atomic E-state index is 0.0200. The fraction of sp³-hybridized carbons (Fsp3) is 0.619. The summed E-state index contributed by atoms with van der Waals surface area (Å²) in [6, 6.07) is 8.97. The summed E-state index contributed by atoms with van der Waals surface area (Å²) in [4.78, 5) is 26.0. The van der Waals surface area contributed by atoms with Crippen LogP contribution in [0.4, 0.5) is 4.79 Å². The number of methoxy groups -OCH3 is 1. The molecule has 3 atom stereocenters. The normalized spacial score (nSPS) is 15.1. The van der Waals surface area contributed by atoms with E-state index in [9.17, 15) is 14.7 Å². The van der Waals surface area contributed by atoms with Crippen LogP contribution in [0.1, 0.15) is 40.2 Å². The Morgan fingerprint density at radius 1 is 1.15 bits per heavy atom. The maximum atomic E-state index is 12.6. The highest BCUT2D eigenvalue weighted by Crippen LogP contribution is 2.35. The van der Waals surface area contributed by atoms with Crippen LogP contribution in [-0.2, 0) is 20.9 Å². The third-order valence-corrected chi connectivity index (χ3v) is 4.76. The number of benzene rings is 1. The molecular weight excluding hydrogens is 346 g/mol. The maximum absolute atomic E-state index is 12.6. The predicted molar refractivity (Wildman–Crippen MR) is 104 cm³/mol. The van der Waals surface area contributed by atoms with Gasteiger partial charge in [0.2, 0.25) is 0 Å². The van der Waals surface area contributed by atoms with Gasteiger partial charge in [-0.1, -0.05) is 65.0 Å². The number of hydrogen-bond donors (Lipinski definition) is 1. The van der Waals surface area contributed by atoms with Crippen LogP contribution in [-0.4, -0.2) is 48.4 Å². The van der Waals surface area contributed by atoms with E-state index in [2.05, 4.69) is 0 Å². The summed E-state index contributed by atoms with van der Waals surface area (Å²) >= 11 is 0. The lowest BCUT2D eigenvalue weighted by atomic mass is 9.73. The zero-order valence-corrected chi connectivity index (χ0v) is 17.4. The summed E-state index contributed by atoms with van der Waals surface area (Å²) in [5, 5.41) is 9.80. The lowest BCUT2D eigenvalue weighted by Crippen LogP contribution is -2.55. The summed E-state index contributed by atoms with van der Waals surface area (Å²) < 4.78 is 11.1. The second kappa shape index (κ2) is 9.74. The molecule has 0 aromatic heterocycles. The molecule has 0 spiro atoms. The van der Waals surface area contributed by atoms with E-state index >= 15 is 0 Å². The van der Waals surface area contributed by atoms with E-state index in [1.807, 2.05) is 65.0 Å². The highest BCUT2D eigenvalue weighted by atomic mass is 16.6. The van der Waals surface area contributed by atoms with E-state index in [1.54, 1.807) is 7.05 Å². The van der Waals surface area contributed by atoms with Crippen LogP contribution in [0.25, 0.3) is 0 Å². The molecule has 0 saturated heterocycles. The Labute approximate surface area is 162 Å². The third kappa shape index (κ3) is 6.24. The Morgan fingerprint density at radius 3 is 2.11 bits per heavy atom. The lowest BCUT2D eigenvalue weighted by molar-refractivity contribution is -0.156. The van der Waals surface area contributed by atoms with E-state index in [1.165, 1.54) is 12.0 Å². The molecule has 1 N–H and O–H groups in total. The van der Waals surface area contributed by atoms with Crippen molar-refractivity contribution in [2.45, 2.75) is 53.4 Å². The molecule has 0 aliphatic heterocycles. The smallest absolute Gasteiger partial charge is 0.410 e. The molecule has 6 heteroatoms. The van der Waals surface area contributed by atoms with Crippen molar-refractivity contribution < 1.29 is 24.2 Å². The molecule has 6 nitrogen and oxygen atoms in total. The highest BCUT2D eigenvalue weighted by molar-refractivity contribution is 5.72. The van der Waals surface area contributed by atoms with Gasteiger partial charge in [-0.05, 0) is 16.9 Å². The molecule has 1 aromatic carbocycles. The van der Waals surface area contributed by atoms with E-state index in [-0.39, 0.29) is 12.5 Å². The molecule has 1 rings (SSSR count). The molecule has 0 fully saturated rings. The van der Waals surface area contributed by atoms with E-state index in [0.29, 0.717) is 0 Å². The quantitative estimate of drug-likeness (QED) is 0.738. The van der Waals surface area contributed by atoms with Gasteiger partial charge in [0, 0.05) is 14.2 Å². The molecule has 0 aliphatic rings. The van der Waals surface area contributed by atoms with Crippen LogP contribution in [0.15, 0.2) is 30.3 Å². The summed E-state index contributed by atoms with van der Waals surface area (Å²) in [5.41, 5.74) is 0.357. The fourth-order valence-electron chi connectivity index (χ4n) is 3.47. The van der Waals surface area contributed by atoms with Crippen molar-refractivity contribution in [1.82, 2.24) is 4.90 Å². The largest absolute Gasteiger partial charge is 0.481 e. The first-order valence-corrected chi connectivity index (χ1v) is 9.19. The third-order valence-electron chi connectivity index (χ3n) is 4.76. The summed E-state index contributed by atoms with van der Waals surface area (Å²) in [7, 11) is 3.12. The molecule has 1 unspecified atom stereocenters. The number of amides is 1. The van der Waals surface area contributed by atoms with Crippen molar-refractivity contribution in [1.29, 1.82) is 0 Å². The molecular formula is C21H33NO5. The first-order valence-electron chi connectivity index (χ1n) is 9.19. The van der Waals surface area contributed by atoms with Crippen LogP contribution in [0.3, 0.4) is 0 Å². The van der Waals surface area contributed by atoms with E-state index in [0.717, 1.165) is 5.56 Å². The van der Waals surface area contributed by atoms with Gasteiger partial charge in [-0.15, -0.1) is 0 Å². The molecule has 1 amide bonds. The minimum Gasteiger partial charge on any atom is -0.481 e. The van der Waals surface area contributed by atoms with Gasteiger partial charge in [0.1, 0.15) is 6.61 Å². The second-order valence-electron chi connectivity index (χ2n) is 8.27. The molecule has 27 heavy (non-hydrogen) atoms. The Balaban J connectivity index is 3.02. The average Bonchev–Trinajstić information content (AvgIpc) is 2.57. The number of hydrogen-bond acceptors (Lipinski definition) is 4. The SMILES string of the molecule is CO[C@H](C(C(=O)O)C(C)(C)C)[C@H](C(C)C)N(C)C(=O)OCc1ccccc1. The van der Waals surface area contributed by atoms with Gasteiger partial charge >= 0.3 is 12.1 Å². The van der Waals surface area contributed by atoms with Crippen LogP contribution in [0.5, 0.6) is 0 Å². The molecule has 152 valence electrons. The Kier molecular flexibility index (Phi) is 8.28. The van der Waals surface area contributed by atoms with E-state index < -0.39 is 35.5 Å². The van der Waals surface area contributed by atoms with Gasteiger partial charge in [0.05, 0.1) is 18.1 Å². The number of ether oxygens (including phenoxy) is 2. The van der Waals surface area contributed by atoms with Crippen molar-refractivity contribution in [3.63, 3.8) is 0 Å². The number of likely N-dealkylation sites (N-methyl/N-ethyl adjacent to an activating group) is 1. The fourth-order valence-corrected chi connectivity index (χ4v) is 3.47. The average molecular weight is 379 g/mol. The standard InChI is InChI=1S/C21H33NO5/c1-14(2)17(18(26-7)16(19(23)24)21(3,4)5)22(6)20(25)27-13-15-11-9-8-10-12-15/h8-12,14,16-18H,13H2,1-7H3,(H,23,24)/t16?,17-,18+/m0/s1. The number of nitrogens with zero attached hydrogens (tertiary/aromatic N) is 1. The first kappa shape index (κ1) is 23.0. The molecule has 1 aromatic rings. The summed E-state index contributed by atoms with van der Waals surface area (Å²) in [5.74, 6) is -1.74. The summed E-state index contributed by atoms with van der Waals surface area (Å²) in [6.07, 6.45) is -1.17. The minimum atomic E-state index is -0.939. The number of carbonyl (C=O) groups is 2. The number of rotatable bonds is 8. The molecule has 0 aliphatic carbocycles. The molecule has 0 radical (unpaired) electrons. The number of aliphatic carboxylic acids is 1. The zero-order valence-electron chi connectivity index (χ0n) is 17.4. The van der Waals surface area contributed by atoms with Crippen LogP contribution >= 0.6 is 0 Å². The van der Waals surface area contributed by atoms with Crippen LogP contribution < -0.4 is 0 Å². The Bertz CT molecular complexity index is 609. The molecule has 0 heterocycles. The van der Waals surface area contributed by atoms with Crippen molar-refractivity contribution in [2.75, 3.05) is 14.2 Å².